The van der Waals surface area contributed by atoms with Gasteiger partial charge in [-0.3, -0.25) is 4.79 Å². The Balaban J connectivity index is 0.00000147. The number of benzene rings is 1. The summed E-state index contributed by atoms with van der Waals surface area (Å²) in [5.41, 5.74) is 7.04. The van der Waals surface area contributed by atoms with Crippen LogP contribution in [0.1, 0.15) is 31.2 Å². The lowest BCUT2D eigenvalue weighted by Crippen LogP contribution is -2.53. The molecule has 1 heterocycles. The average Bonchev–Trinajstić information content (AvgIpc) is 3.05. The molecule has 2 aliphatic rings. The van der Waals surface area contributed by atoms with Crippen LogP contribution in [0.5, 0.6) is 0 Å². The summed E-state index contributed by atoms with van der Waals surface area (Å²) in [5.74, 6) is 0.161. The molecule has 1 amide bonds. The van der Waals surface area contributed by atoms with Crippen LogP contribution in [0.2, 0.25) is 0 Å². The minimum atomic E-state index is -0.133. The Morgan fingerprint density at radius 3 is 2.70 bits per heavy atom. The van der Waals surface area contributed by atoms with Gasteiger partial charge in [0.25, 0.3) is 0 Å². The first-order valence-electron chi connectivity index (χ1n) is 6.99. The summed E-state index contributed by atoms with van der Waals surface area (Å²) in [6, 6.07) is 8.29. The summed E-state index contributed by atoms with van der Waals surface area (Å²) >= 11 is 1.68. The highest BCUT2D eigenvalue weighted by molar-refractivity contribution is 8.01. The predicted octanol–water partition coefficient (Wildman–Crippen LogP) is 2.51. The topological polar surface area (TPSA) is 55.1 Å². The smallest absolute Gasteiger partial charge is 0.234 e. The van der Waals surface area contributed by atoms with Gasteiger partial charge in [0, 0.05) is 11.4 Å². The van der Waals surface area contributed by atoms with Crippen molar-refractivity contribution in [3.05, 3.63) is 29.8 Å². The normalized spacial score (nSPS) is 22.9. The molecule has 3 nitrogen and oxygen atoms in total. The third-order valence-electron chi connectivity index (χ3n) is 4.28. The van der Waals surface area contributed by atoms with Crippen LogP contribution < -0.4 is 11.1 Å². The molecule has 0 radical (unpaired) electrons. The molecule has 1 atom stereocenters. The van der Waals surface area contributed by atoms with Crippen LogP contribution in [-0.4, -0.2) is 23.2 Å². The quantitative estimate of drug-likeness (QED) is 0.901. The fourth-order valence-corrected chi connectivity index (χ4v) is 4.30. The van der Waals surface area contributed by atoms with Crippen LogP contribution in [0.25, 0.3) is 0 Å². The molecular formula is C15H21ClN2OS. The van der Waals surface area contributed by atoms with Gasteiger partial charge in [0.15, 0.2) is 0 Å². The SMILES string of the molecule is Cl.NCC1(NC(=O)C2Cc3ccccc3S2)CCCC1. The number of carbonyl (C=O) groups is 1. The molecule has 1 aromatic rings. The number of nitrogens with two attached hydrogens (primary N) is 1. The molecule has 0 spiro atoms. The molecule has 1 saturated carbocycles. The van der Waals surface area contributed by atoms with E-state index in [1.54, 1.807) is 11.8 Å². The van der Waals surface area contributed by atoms with Gasteiger partial charge in [-0.1, -0.05) is 31.0 Å². The predicted molar refractivity (Wildman–Crippen MR) is 85.4 cm³/mol. The van der Waals surface area contributed by atoms with Crippen molar-refractivity contribution in [3.8, 4) is 0 Å². The zero-order valence-electron chi connectivity index (χ0n) is 11.4. The Labute approximate surface area is 130 Å². The van der Waals surface area contributed by atoms with E-state index >= 15 is 0 Å². The summed E-state index contributed by atoms with van der Waals surface area (Å²) in [7, 11) is 0. The minimum absolute atomic E-state index is 0. The van der Waals surface area contributed by atoms with Crippen molar-refractivity contribution in [2.45, 2.75) is 47.8 Å². The molecular weight excluding hydrogens is 292 g/mol. The standard InChI is InChI=1S/C15H20N2OS.ClH/c16-10-15(7-3-4-8-15)17-14(18)13-9-11-5-1-2-6-12(11)19-13;/h1-2,5-6,13H,3-4,7-10,16H2,(H,17,18);1H. The lowest BCUT2D eigenvalue weighted by atomic mass is 9.97. The maximum atomic E-state index is 12.4. The zero-order valence-corrected chi connectivity index (χ0v) is 13.1. The first-order valence-corrected chi connectivity index (χ1v) is 7.87. The maximum Gasteiger partial charge on any atom is 0.234 e. The Bertz CT molecular complexity index is 464. The lowest BCUT2D eigenvalue weighted by molar-refractivity contribution is -0.122. The number of hydrogen-bond donors (Lipinski definition) is 2. The van der Waals surface area contributed by atoms with Gasteiger partial charge < -0.3 is 11.1 Å². The lowest BCUT2D eigenvalue weighted by Gasteiger charge is -2.29. The van der Waals surface area contributed by atoms with Gasteiger partial charge in [0.1, 0.15) is 0 Å². The molecule has 0 aromatic heterocycles. The van der Waals surface area contributed by atoms with Crippen LogP contribution in [0.3, 0.4) is 0 Å². The van der Waals surface area contributed by atoms with Crippen molar-refractivity contribution in [2.24, 2.45) is 5.73 Å². The van der Waals surface area contributed by atoms with Crippen LogP contribution in [-0.2, 0) is 11.2 Å². The monoisotopic (exact) mass is 312 g/mol. The molecule has 1 unspecified atom stereocenters. The van der Waals surface area contributed by atoms with E-state index in [0.717, 1.165) is 19.3 Å². The minimum Gasteiger partial charge on any atom is -0.348 e. The number of fused-ring (bicyclic) bond motifs is 1. The number of halogens is 1. The average molecular weight is 313 g/mol. The van der Waals surface area contributed by atoms with E-state index in [9.17, 15) is 4.79 Å². The summed E-state index contributed by atoms with van der Waals surface area (Å²) in [5, 5.41) is 3.25. The van der Waals surface area contributed by atoms with Crippen molar-refractivity contribution in [1.29, 1.82) is 0 Å². The largest absolute Gasteiger partial charge is 0.348 e. The zero-order chi connectivity index (χ0) is 13.3. The van der Waals surface area contributed by atoms with E-state index < -0.39 is 0 Å². The van der Waals surface area contributed by atoms with Crippen molar-refractivity contribution >= 4 is 30.1 Å². The van der Waals surface area contributed by atoms with E-state index in [0.29, 0.717) is 6.54 Å². The molecule has 1 aromatic carbocycles. The van der Waals surface area contributed by atoms with Crippen LogP contribution in [0.15, 0.2) is 29.2 Å². The van der Waals surface area contributed by atoms with Gasteiger partial charge in [-0.2, -0.15) is 0 Å². The highest BCUT2D eigenvalue weighted by Crippen LogP contribution is 2.37. The summed E-state index contributed by atoms with van der Waals surface area (Å²) < 4.78 is 0. The fraction of sp³-hybridized carbons (Fsp3) is 0.533. The molecule has 5 heteroatoms. The summed E-state index contributed by atoms with van der Waals surface area (Å²) in [6.45, 7) is 0.559. The van der Waals surface area contributed by atoms with Gasteiger partial charge in [0.05, 0.1) is 10.8 Å². The molecule has 20 heavy (non-hydrogen) atoms. The van der Waals surface area contributed by atoms with Crippen molar-refractivity contribution in [1.82, 2.24) is 5.32 Å². The van der Waals surface area contributed by atoms with Crippen molar-refractivity contribution < 1.29 is 4.79 Å². The van der Waals surface area contributed by atoms with E-state index in [-0.39, 0.29) is 29.1 Å². The second-order valence-electron chi connectivity index (χ2n) is 5.60. The molecule has 1 fully saturated rings. The first kappa shape index (κ1) is 15.7. The maximum absolute atomic E-state index is 12.4. The molecule has 3 N–H and O–H groups in total. The summed E-state index contributed by atoms with van der Waals surface area (Å²) in [6.07, 6.45) is 5.25. The van der Waals surface area contributed by atoms with Crippen LogP contribution in [0.4, 0.5) is 0 Å². The van der Waals surface area contributed by atoms with Crippen LogP contribution in [0, 0.1) is 0 Å². The number of thioether (sulfide) groups is 1. The second kappa shape index (κ2) is 6.37. The Morgan fingerprint density at radius 1 is 1.35 bits per heavy atom. The molecule has 3 rings (SSSR count). The van der Waals surface area contributed by atoms with Gasteiger partial charge >= 0.3 is 0 Å². The molecule has 0 saturated heterocycles. The van der Waals surface area contributed by atoms with E-state index in [1.807, 2.05) is 12.1 Å². The highest BCUT2D eigenvalue weighted by Gasteiger charge is 2.37. The first-order chi connectivity index (χ1) is 9.22. The number of carbonyl (C=O) groups excluding carboxylic acids is 1. The van der Waals surface area contributed by atoms with Gasteiger partial charge in [-0.15, -0.1) is 24.2 Å². The molecule has 1 aliphatic heterocycles. The number of rotatable bonds is 3. The Morgan fingerprint density at radius 2 is 2.05 bits per heavy atom. The molecule has 110 valence electrons. The molecule has 0 bridgehead atoms. The van der Waals surface area contributed by atoms with Crippen LogP contribution >= 0.6 is 24.2 Å². The third-order valence-corrected chi connectivity index (χ3v) is 5.60. The van der Waals surface area contributed by atoms with Crippen molar-refractivity contribution in [2.75, 3.05) is 6.54 Å². The fourth-order valence-electron chi connectivity index (χ4n) is 3.10. The highest BCUT2D eigenvalue weighted by atomic mass is 35.5. The molecule has 1 aliphatic carbocycles. The number of amides is 1. The van der Waals surface area contributed by atoms with Gasteiger partial charge in [-0.25, -0.2) is 0 Å². The van der Waals surface area contributed by atoms with Gasteiger partial charge in [0.2, 0.25) is 5.91 Å². The van der Waals surface area contributed by atoms with E-state index in [1.165, 1.54) is 23.3 Å². The summed E-state index contributed by atoms with van der Waals surface area (Å²) in [4.78, 5) is 13.7. The Hall–Kier alpha value is -0.710. The number of hydrogen-bond acceptors (Lipinski definition) is 3. The van der Waals surface area contributed by atoms with Gasteiger partial charge in [-0.05, 0) is 30.9 Å². The second-order valence-corrected chi connectivity index (χ2v) is 6.84. The van der Waals surface area contributed by atoms with E-state index in [2.05, 4.69) is 17.4 Å². The third kappa shape index (κ3) is 2.97. The Kier molecular flexibility index (Phi) is 4.99. The van der Waals surface area contributed by atoms with Crippen molar-refractivity contribution in [3.63, 3.8) is 0 Å². The number of nitrogens with one attached hydrogen (secondary N) is 1. The van der Waals surface area contributed by atoms with E-state index in [4.69, 9.17) is 5.73 Å².